The van der Waals surface area contributed by atoms with Gasteiger partial charge in [0.15, 0.2) is 0 Å². The van der Waals surface area contributed by atoms with Gasteiger partial charge in [0.1, 0.15) is 0 Å². The Morgan fingerprint density at radius 1 is 1.33 bits per heavy atom. The Kier molecular flexibility index (Phi) is 5.75. The van der Waals surface area contributed by atoms with E-state index in [1.807, 2.05) is 6.07 Å². The van der Waals surface area contributed by atoms with Crippen molar-refractivity contribution < 1.29 is 9.59 Å². The minimum absolute atomic E-state index is 0.0306. The molecule has 5 heteroatoms. The molecule has 1 atom stereocenters. The first kappa shape index (κ1) is 15.5. The molecule has 0 bridgehead atoms. The molecule has 1 aromatic rings. The van der Waals surface area contributed by atoms with E-state index in [4.69, 9.17) is 0 Å². The fourth-order valence-electron chi connectivity index (χ4n) is 2.64. The molecule has 1 aromatic carbocycles. The summed E-state index contributed by atoms with van der Waals surface area (Å²) in [5, 5.41) is 8.78. The number of benzene rings is 1. The normalized spacial score (nSPS) is 18.0. The van der Waals surface area contributed by atoms with Gasteiger partial charge in [-0.15, -0.1) is 0 Å². The van der Waals surface area contributed by atoms with E-state index in [1.54, 1.807) is 25.2 Å². The van der Waals surface area contributed by atoms with Crippen LogP contribution < -0.4 is 16.0 Å². The lowest BCUT2D eigenvalue weighted by atomic mass is 9.94. The van der Waals surface area contributed by atoms with Gasteiger partial charge in [-0.1, -0.05) is 12.1 Å². The lowest BCUT2D eigenvalue weighted by Gasteiger charge is -2.22. The Morgan fingerprint density at radius 2 is 2.14 bits per heavy atom. The molecular formula is C16H23N3O2. The second kappa shape index (κ2) is 7.78. The molecule has 0 radical (unpaired) electrons. The summed E-state index contributed by atoms with van der Waals surface area (Å²) in [7, 11) is 1.58. The number of hydrogen-bond donors (Lipinski definition) is 3. The van der Waals surface area contributed by atoms with Gasteiger partial charge >= 0.3 is 0 Å². The van der Waals surface area contributed by atoms with Crippen LogP contribution in [0.4, 0.5) is 5.69 Å². The van der Waals surface area contributed by atoms with Gasteiger partial charge in [0, 0.05) is 13.5 Å². The van der Waals surface area contributed by atoms with Crippen molar-refractivity contribution >= 4 is 17.5 Å². The SMILES string of the molecule is CNC(=O)c1ccccc1NC(=O)CCC1CCCNC1. The van der Waals surface area contributed by atoms with Gasteiger partial charge in [-0.25, -0.2) is 0 Å². The van der Waals surface area contributed by atoms with Crippen LogP contribution in [0.1, 0.15) is 36.0 Å². The summed E-state index contributed by atoms with van der Waals surface area (Å²) < 4.78 is 0. The van der Waals surface area contributed by atoms with E-state index >= 15 is 0 Å². The van der Waals surface area contributed by atoms with Crippen molar-refractivity contribution in [3.63, 3.8) is 0 Å². The maximum atomic E-state index is 12.1. The Hall–Kier alpha value is -1.88. The number of amides is 2. The highest BCUT2D eigenvalue weighted by Gasteiger charge is 2.16. The topological polar surface area (TPSA) is 70.2 Å². The minimum Gasteiger partial charge on any atom is -0.355 e. The predicted octanol–water partition coefficient (Wildman–Crippen LogP) is 1.76. The average Bonchev–Trinajstić information content (AvgIpc) is 2.54. The Labute approximate surface area is 125 Å². The molecule has 1 fully saturated rings. The largest absolute Gasteiger partial charge is 0.355 e. The molecule has 0 saturated carbocycles. The second-order valence-electron chi connectivity index (χ2n) is 5.42. The fourth-order valence-corrected chi connectivity index (χ4v) is 2.64. The summed E-state index contributed by atoms with van der Waals surface area (Å²) in [5.74, 6) is 0.359. The van der Waals surface area contributed by atoms with Crippen LogP contribution in [0.5, 0.6) is 0 Å². The molecule has 1 saturated heterocycles. The first-order chi connectivity index (χ1) is 10.2. The summed E-state index contributed by atoms with van der Waals surface area (Å²) in [6, 6.07) is 7.06. The first-order valence-corrected chi connectivity index (χ1v) is 7.52. The third kappa shape index (κ3) is 4.56. The zero-order chi connectivity index (χ0) is 15.1. The molecule has 0 spiro atoms. The molecule has 1 aliphatic rings. The van der Waals surface area contributed by atoms with E-state index in [1.165, 1.54) is 12.8 Å². The number of piperidine rings is 1. The molecule has 0 aromatic heterocycles. The highest BCUT2D eigenvalue weighted by atomic mass is 16.2. The lowest BCUT2D eigenvalue weighted by molar-refractivity contribution is -0.116. The van der Waals surface area contributed by atoms with E-state index in [0.29, 0.717) is 23.6 Å². The predicted molar refractivity (Wildman–Crippen MR) is 83.3 cm³/mol. The van der Waals surface area contributed by atoms with E-state index < -0.39 is 0 Å². The van der Waals surface area contributed by atoms with Crippen LogP contribution in [0.15, 0.2) is 24.3 Å². The Morgan fingerprint density at radius 3 is 2.86 bits per heavy atom. The molecule has 2 amide bonds. The van der Waals surface area contributed by atoms with Gasteiger partial charge in [0.05, 0.1) is 11.3 Å². The number of hydrogen-bond acceptors (Lipinski definition) is 3. The molecule has 1 unspecified atom stereocenters. The molecule has 114 valence electrons. The zero-order valence-corrected chi connectivity index (χ0v) is 12.4. The van der Waals surface area contributed by atoms with E-state index in [-0.39, 0.29) is 11.8 Å². The smallest absolute Gasteiger partial charge is 0.253 e. The molecular weight excluding hydrogens is 266 g/mol. The number of rotatable bonds is 5. The quantitative estimate of drug-likeness (QED) is 0.773. The van der Waals surface area contributed by atoms with Crippen LogP contribution >= 0.6 is 0 Å². The maximum Gasteiger partial charge on any atom is 0.253 e. The van der Waals surface area contributed by atoms with Crippen molar-refractivity contribution in [1.29, 1.82) is 0 Å². The molecule has 1 aliphatic heterocycles. The molecule has 2 rings (SSSR count). The Balaban J connectivity index is 1.88. The summed E-state index contributed by atoms with van der Waals surface area (Å²) >= 11 is 0. The summed E-state index contributed by atoms with van der Waals surface area (Å²) in [6.07, 6.45) is 3.76. The van der Waals surface area contributed by atoms with Crippen molar-refractivity contribution in [2.75, 3.05) is 25.5 Å². The maximum absolute atomic E-state index is 12.1. The van der Waals surface area contributed by atoms with Crippen LogP contribution in [0, 0.1) is 5.92 Å². The lowest BCUT2D eigenvalue weighted by Crippen LogP contribution is -2.30. The third-order valence-electron chi connectivity index (χ3n) is 3.85. The first-order valence-electron chi connectivity index (χ1n) is 7.52. The molecule has 0 aliphatic carbocycles. The van der Waals surface area contributed by atoms with Crippen LogP contribution in [-0.4, -0.2) is 32.0 Å². The van der Waals surface area contributed by atoms with E-state index in [2.05, 4.69) is 16.0 Å². The number of carbonyl (C=O) groups is 2. The van der Waals surface area contributed by atoms with Gasteiger partial charge in [0.2, 0.25) is 5.91 Å². The molecule has 21 heavy (non-hydrogen) atoms. The van der Waals surface area contributed by atoms with Crippen molar-refractivity contribution in [2.24, 2.45) is 5.92 Å². The molecule has 3 N–H and O–H groups in total. The minimum atomic E-state index is -0.192. The van der Waals surface area contributed by atoms with Crippen LogP contribution in [0.25, 0.3) is 0 Å². The average molecular weight is 289 g/mol. The second-order valence-corrected chi connectivity index (χ2v) is 5.42. The van der Waals surface area contributed by atoms with Gasteiger partial charge in [-0.05, 0) is 50.4 Å². The van der Waals surface area contributed by atoms with Gasteiger partial charge in [-0.3, -0.25) is 9.59 Å². The highest BCUT2D eigenvalue weighted by molar-refractivity contribution is 6.03. The van der Waals surface area contributed by atoms with E-state index in [0.717, 1.165) is 19.5 Å². The van der Waals surface area contributed by atoms with Gasteiger partial charge in [-0.2, -0.15) is 0 Å². The Bertz CT molecular complexity index is 496. The van der Waals surface area contributed by atoms with Crippen LogP contribution in [-0.2, 0) is 4.79 Å². The van der Waals surface area contributed by atoms with Gasteiger partial charge < -0.3 is 16.0 Å². The summed E-state index contributed by atoms with van der Waals surface area (Å²) in [4.78, 5) is 23.8. The number of carbonyl (C=O) groups excluding carboxylic acids is 2. The van der Waals surface area contributed by atoms with Gasteiger partial charge in [0.25, 0.3) is 5.91 Å². The molecule has 1 heterocycles. The van der Waals surface area contributed by atoms with E-state index in [9.17, 15) is 9.59 Å². The standard InChI is InChI=1S/C16H23N3O2/c1-17-16(21)13-6-2-3-7-14(13)19-15(20)9-8-12-5-4-10-18-11-12/h2-3,6-7,12,18H,4-5,8-11H2,1H3,(H,17,21)(H,19,20). The highest BCUT2D eigenvalue weighted by Crippen LogP contribution is 2.18. The van der Waals surface area contributed by atoms with Crippen molar-refractivity contribution in [2.45, 2.75) is 25.7 Å². The van der Waals surface area contributed by atoms with Crippen LogP contribution in [0.3, 0.4) is 0 Å². The fraction of sp³-hybridized carbons (Fsp3) is 0.500. The van der Waals surface area contributed by atoms with Crippen molar-refractivity contribution in [3.05, 3.63) is 29.8 Å². The molecule has 5 nitrogen and oxygen atoms in total. The monoisotopic (exact) mass is 289 g/mol. The number of nitrogens with one attached hydrogen (secondary N) is 3. The summed E-state index contributed by atoms with van der Waals surface area (Å²) in [5.41, 5.74) is 1.07. The van der Waals surface area contributed by atoms with Crippen molar-refractivity contribution in [1.82, 2.24) is 10.6 Å². The van der Waals surface area contributed by atoms with Crippen molar-refractivity contribution in [3.8, 4) is 0 Å². The number of anilines is 1. The third-order valence-corrected chi connectivity index (χ3v) is 3.85. The zero-order valence-electron chi connectivity index (χ0n) is 12.4. The van der Waals surface area contributed by atoms with Crippen LogP contribution in [0.2, 0.25) is 0 Å². The number of para-hydroxylation sites is 1. The summed E-state index contributed by atoms with van der Waals surface area (Å²) in [6.45, 7) is 2.09.